The molecule has 4 nitrogen and oxygen atoms in total. The van der Waals surface area contributed by atoms with Crippen molar-refractivity contribution in [1.82, 2.24) is 0 Å². The molecule has 2 rings (SSSR count). The number of rotatable bonds is 1. The van der Waals surface area contributed by atoms with E-state index in [2.05, 4.69) is 0 Å². The van der Waals surface area contributed by atoms with E-state index < -0.39 is 11.7 Å². The lowest BCUT2D eigenvalue weighted by molar-refractivity contribution is 0.0999. The first-order chi connectivity index (χ1) is 7.09. The van der Waals surface area contributed by atoms with Crippen molar-refractivity contribution in [1.29, 1.82) is 0 Å². The molecule has 78 valence electrons. The van der Waals surface area contributed by atoms with E-state index in [1.54, 1.807) is 0 Å². The lowest BCUT2D eigenvalue weighted by Crippen LogP contribution is -2.19. The van der Waals surface area contributed by atoms with Crippen LogP contribution >= 0.6 is 0 Å². The quantitative estimate of drug-likeness (QED) is 0.711. The molecule has 15 heavy (non-hydrogen) atoms. The number of halogens is 1. The van der Waals surface area contributed by atoms with Crippen molar-refractivity contribution in [3.8, 4) is 5.75 Å². The number of benzene rings is 1. The van der Waals surface area contributed by atoms with Crippen LogP contribution < -0.4 is 16.2 Å². The molecule has 1 aromatic carbocycles. The zero-order chi connectivity index (χ0) is 11.0. The number of hydrogen-bond donors (Lipinski definition) is 2. The maximum Gasteiger partial charge on any atom is 0.249 e. The van der Waals surface area contributed by atoms with Crippen molar-refractivity contribution in [2.45, 2.75) is 6.42 Å². The van der Waals surface area contributed by atoms with Crippen LogP contribution in [0.25, 0.3) is 0 Å². The molecule has 0 radical (unpaired) electrons. The van der Waals surface area contributed by atoms with Gasteiger partial charge in [-0.2, -0.15) is 0 Å². The first-order valence-electron chi connectivity index (χ1n) is 4.32. The summed E-state index contributed by atoms with van der Waals surface area (Å²) in [5.41, 5.74) is 11.8. The van der Waals surface area contributed by atoms with Gasteiger partial charge in [0.15, 0.2) is 11.6 Å². The molecule has 1 amide bonds. The Morgan fingerprint density at radius 2 is 2.20 bits per heavy atom. The summed E-state index contributed by atoms with van der Waals surface area (Å²) in [6, 6.07) is 2.48. The minimum Gasteiger partial charge on any atom is -0.460 e. The van der Waals surface area contributed by atoms with Gasteiger partial charge in [0.05, 0.1) is 0 Å². The van der Waals surface area contributed by atoms with Crippen LogP contribution in [0.3, 0.4) is 0 Å². The third-order valence-corrected chi connectivity index (χ3v) is 2.19. The maximum atomic E-state index is 13.3. The highest BCUT2D eigenvalue weighted by Crippen LogP contribution is 2.30. The Morgan fingerprint density at radius 3 is 2.87 bits per heavy atom. The number of hydrogen-bond acceptors (Lipinski definition) is 3. The second kappa shape index (κ2) is 3.27. The molecule has 1 aliphatic rings. The summed E-state index contributed by atoms with van der Waals surface area (Å²) in [5, 5.41) is 0. The van der Waals surface area contributed by atoms with E-state index in [1.165, 1.54) is 12.3 Å². The molecule has 0 atom stereocenters. The van der Waals surface area contributed by atoms with Crippen molar-refractivity contribution in [3.63, 3.8) is 0 Å². The zero-order valence-electron chi connectivity index (χ0n) is 7.79. The molecule has 1 heterocycles. The molecule has 4 N–H and O–H groups in total. The van der Waals surface area contributed by atoms with Crippen LogP contribution in [-0.4, -0.2) is 5.91 Å². The van der Waals surface area contributed by atoms with Crippen molar-refractivity contribution in [2.75, 3.05) is 0 Å². The first kappa shape index (κ1) is 9.51. The molecule has 5 heteroatoms. The topological polar surface area (TPSA) is 78.3 Å². The Hall–Kier alpha value is -2.04. The fourth-order valence-corrected chi connectivity index (χ4v) is 1.51. The van der Waals surface area contributed by atoms with E-state index in [0.717, 1.165) is 6.07 Å². The molecule has 0 unspecified atom stereocenters. The van der Waals surface area contributed by atoms with E-state index in [1.807, 2.05) is 0 Å². The van der Waals surface area contributed by atoms with Crippen molar-refractivity contribution < 1.29 is 13.9 Å². The van der Waals surface area contributed by atoms with Crippen LogP contribution in [0.1, 0.15) is 15.9 Å². The molecule has 1 aliphatic heterocycles. The highest BCUT2D eigenvalue weighted by Gasteiger charge is 2.21. The van der Waals surface area contributed by atoms with E-state index >= 15 is 0 Å². The van der Waals surface area contributed by atoms with E-state index in [4.69, 9.17) is 16.2 Å². The minimum absolute atomic E-state index is 0.0282. The fourth-order valence-electron chi connectivity index (χ4n) is 1.51. The van der Waals surface area contributed by atoms with Gasteiger partial charge in [-0.15, -0.1) is 0 Å². The number of primary amides is 1. The third kappa shape index (κ3) is 1.52. The van der Waals surface area contributed by atoms with Gasteiger partial charge in [0.1, 0.15) is 6.26 Å². The van der Waals surface area contributed by atoms with Gasteiger partial charge in [-0.3, -0.25) is 4.79 Å². The number of allylic oxidation sites excluding steroid dienone is 1. The predicted octanol–water partition coefficient (Wildman–Crippen LogP) is 0.660. The Bertz CT molecular complexity index is 469. The summed E-state index contributed by atoms with van der Waals surface area (Å²) in [5.74, 6) is -1.12. The van der Waals surface area contributed by atoms with E-state index in [9.17, 15) is 9.18 Å². The van der Waals surface area contributed by atoms with Gasteiger partial charge in [-0.25, -0.2) is 4.39 Å². The number of fused-ring (bicyclic) bond motifs is 1. The highest BCUT2D eigenvalue weighted by atomic mass is 19.1. The second-order valence-electron chi connectivity index (χ2n) is 3.25. The van der Waals surface area contributed by atoms with Crippen molar-refractivity contribution >= 4 is 5.91 Å². The summed E-state index contributed by atoms with van der Waals surface area (Å²) in [4.78, 5) is 11.1. The normalized spacial score (nSPS) is 13.8. The van der Waals surface area contributed by atoms with Gasteiger partial charge in [0, 0.05) is 23.2 Å². The molecule has 0 bridgehead atoms. The number of carbonyl (C=O) groups is 1. The van der Waals surface area contributed by atoms with Crippen LogP contribution in [0, 0.1) is 5.82 Å². The monoisotopic (exact) mass is 208 g/mol. The molecular weight excluding hydrogens is 199 g/mol. The Balaban J connectivity index is 2.61. The molecule has 0 aromatic heterocycles. The first-order valence-corrected chi connectivity index (χ1v) is 4.32. The Labute approximate surface area is 85.3 Å². The summed E-state index contributed by atoms with van der Waals surface area (Å²) in [6.07, 6.45) is 1.53. The van der Waals surface area contributed by atoms with Crippen LogP contribution in [0.15, 0.2) is 24.1 Å². The van der Waals surface area contributed by atoms with Gasteiger partial charge in [-0.1, -0.05) is 0 Å². The molecule has 0 spiro atoms. The molecule has 1 aromatic rings. The van der Waals surface area contributed by atoms with Gasteiger partial charge in [-0.05, 0) is 12.1 Å². The van der Waals surface area contributed by atoms with Gasteiger partial charge < -0.3 is 16.2 Å². The van der Waals surface area contributed by atoms with E-state index in [0.29, 0.717) is 11.3 Å². The number of nitrogens with two attached hydrogens (primary N) is 2. The third-order valence-electron chi connectivity index (χ3n) is 2.19. The van der Waals surface area contributed by atoms with Crippen LogP contribution in [0.4, 0.5) is 4.39 Å². The van der Waals surface area contributed by atoms with Gasteiger partial charge >= 0.3 is 0 Å². The molecule has 0 saturated carbocycles. The Kier molecular flexibility index (Phi) is 2.07. The lowest BCUT2D eigenvalue weighted by atomic mass is 10.00. The molecular formula is C10H9FN2O2. The smallest absolute Gasteiger partial charge is 0.249 e. The number of carbonyl (C=O) groups excluding carboxylic acids is 1. The molecule has 0 aliphatic carbocycles. The fraction of sp³-hybridized carbons (Fsp3) is 0.100. The molecule has 0 fully saturated rings. The average Bonchev–Trinajstić information content (AvgIpc) is 2.17. The van der Waals surface area contributed by atoms with Crippen LogP contribution in [-0.2, 0) is 6.42 Å². The van der Waals surface area contributed by atoms with Gasteiger partial charge in [0.2, 0.25) is 5.91 Å². The Morgan fingerprint density at radius 1 is 1.47 bits per heavy atom. The zero-order valence-corrected chi connectivity index (χ0v) is 7.79. The minimum atomic E-state index is -0.621. The van der Waals surface area contributed by atoms with Crippen LogP contribution in [0.5, 0.6) is 5.75 Å². The summed E-state index contributed by atoms with van der Waals surface area (Å²) < 4.78 is 18.3. The lowest BCUT2D eigenvalue weighted by Gasteiger charge is -2.17. The number of amides is 1. The van der Waals surface area contributed by atoms with Crippen molar-refractivity contribution in [3.05, 3.63) is 41.0 Å². The van der Waals surface area contributed by atoms with Crippen molar-refractivity contribution in [2.24, 2.45) is 11.5 Å². The SMILES string of the molecule is NC(=O)c1ccc(F)c2c1CC(N)=CO2. The largest absolute Gasteiger partial charge is 0.460 e. The maximum absolute atomic E-state index is 13.3. The summed E-state index contributed by atoms with van der Waals surface area (Å²) >= 11 is 0. The van der Waals surface area contributed by atoms with E-state index in [-0.39, 0.29) is 17.7 Å². The highest BCUT2D eigenvalue weighted by molar-refractivity contribution is 5.95. The standard InChI is InChI=1S/C10H9FN2O2/c11-8-2-1-6(10(13)14)7-3-5(12)4-15-9(7)8/h1-2,4H,3,12H2,(H2,13,14). The van der Waals surface area contributed by atoms with Gasteiger partial charge in [0.25, 0.3) is 0 Å². The predicted molar refractivity (Wildman–Crippen MR) is 51.5 cm³/mol. The second-order valence-corrected chi connectivity index (χ2v) is 3.25. The average molecular weight is 208 g/mol. The molecule has 0 saturated heterocycles. The van der Waals surface area contributed by atoms with Crippen LogP contribution in [0.2, 0.25) is 0 Å². The summed E-state index contributed by atoms with van der Waals surface area (Å²) in [7, 11) is 0. The number of ether oxygens (including phenoxy) is 1. The summed E-state index contributed by atoms with van der Waals surface area (Å²) in [6.45, 7) is 0.